The van der Waals surface area contributed by atoms with E-state index in [0.717, 1.165) is 11.3 Å². The number of nitrogens with one attached hydrogen (secondary N) is 1. The molecular weight excluding hydrogens is 398 g/mol. The van der Waals surface area contributed by atoms with E-state index < -0.39 is 5.54 Å². The number of rotatable bonds is 6. The Morgan fingerprint density at radius 3 is 2.52 bits per heavy atom. The van der Waals surface area contributed by atoms with Gasteiger partial charge in [0, 0.05) is 19.6 Å². The van der Waals surface area contributed by atoms with Gasteiger partial charge in [-0.25, -0.2) is 4.79 Å². The predicted molar refractivity (Wildman–Crippen MR) is 113 cm³/mol. The molecule has 0 aliphatic carbocycles. The summed E-state index contributed by atoms with van der Waals surface area (Å²) in [6.45, 7) is 3.17. The standard InChI is InChI=1S/C23H27N3O5/c1-23(17-10-12-25(13-11-17)20(27)19-4-3-15-31-19)21(28)26(22(29)24-23)14-9-16-5-7-18(30-2)8-6-16/h3-8,15,17H,9-14H2,1-2H3,(H,24,29). The van der Waals surface area contributed by atoms with Gasteiger partial charge in [-0.05, 0) is 61.9 Å². The van der Waals surface area contributed by atoms with E-state index >= 15 is 0 Å². The molecule has 1 N–H and O–H groups in total. The molecule has 31 heavy (non-hydrogen) atoms. The summed E-state index contributed by atoms with van der Waals surface area (Å²) in [5.74, 6) is 0.719. The lowest BCUT2D eigenvalue weighted by molar-refractivity contribution is -0.133. The average molecular weight is 425 g/mol. The van der Waals surface area contributed by atoms with Gasteiger partial charge in [-0.3, -0.25) is 14.5 Å². The fraction of sp³-hybridized carbons (Fsp3) is 0.435. The summed E-state index contributed by atoms with van der Waals surface area (Å²) in [6.07, 6.45) is 3.34. The van der Waals surface area contributed by atoms with Gasteiger partial charge in [-0.2, -0.15) is 0 Å². The summed E-state index contributed by atoms with van der Waals surface area (Å²) >= 11 is 0. The number of nitrogens with zero attached hydrogens (tertiary/aromatic N) is 2. The molecule has 2 aliphatic heterocycles. The van der Waals surface area contributed by atoms with Gasteiger partial charge in [-0.1, -0.05) is 12.1 Å². The van der Waals surface area contributed by atoms with E-state index in [9.17, 15) is 14.4 Å². The van der Waals surface area contributed by atoms with E-state index in [2.05, 4.69) is 5.32 Å². The van der Waals surface area contributed by atoms with Gasteiger partial charge in [0.1, 0.15) is 11.3 Å². The van der Waals surface area contributed by atoms with Crippen LogP contribution in [-0.2, 0) is 11.2 Å². The molecule has 4 rings (SSSR count). The zero-order chi connectivity index (χ0) is 22.0. The second-order valence-electron chi connectivity index (χ2n) is 8.23. The van der Waals surface area contributed by atoms with Crippen molar-refractivity contribution in [1.82, 2.24) is 15.1 Å². The molecule has 2 aromatic rings. The number of urea groups is 1. The van der Waals surface area contributed by atoms with Crippen LogP contribution < -0.4 is 10.1 Å². The molecule has 0 bridgehead atoms. The van der Waals surface area contributed by atoms with E-state index in [1.165, 1.54) is 11.2 Å². The first-order valence-corrected chi connectivity index (χ1v) is 10.5. The third-order valence-corrected chi connectivity index (χ3v) is 6.41. The number of furan rings is 1. The van der Waals surface area contributed by atoms with Crippen LogP contribution in [0.2, 0.25) is 0 Å². The zero-order valence-corrected chi connectivity index (χ0v) is 17.8. The van der Waals surface area contributed by atoms with Gasteiger partial charge < -0.3 is 19.4 Å². The summed E-state index contributed by atoms with van der Waals surface area (Å²) in [5, 5.41) is 2.92. The van der Waals surface area contributed by atoms with Crippen LogP contribution in [-0.4, -0.2) is 59.9 Å². The van der Waals surface area contributed by atoms with Crippen molar-refractivity contribution >= 4 is 17.8 Å². The minimum Gasteiger partial charge on any atom is -0.497 e. The van der Waals surface area contributed by atoms with Gasteiger partial charge in [-0.15, -0.1) is 0 Å². The lowest BCUT2D eigenvalue weighted by Gasteiger charge is -2.38. The molecule has 1 aromatic carbocycles. The average Bonchev–Trinajstić information content (AvgIpc) is 3.40. The van der Waals surface area contributed by atoms with Crippen molar-refractivity contribution in [3.63, 3.8) is 0 Å². The van der Waals surface area contributed by atoms with Crippen molar-refractivity contribution in [1.29, 1.82) is 0 Å². The molecule has 2 saturated heterocycles. The number of carbonyl (C=O) groups is 3. The maximum atomic E-state index is 13.2. The molecule has 0 radical (unpaired) electrons. The number of piperidine rings is 1. The molecule has 4 amide bonds. The van der Waals surface area contributed by atoms with Crippen molar-refractivity contribution in [2.24, 2.45) is 5.92 Å². The Hall–Kier alpha value is -3.29. The largest absolute Gasteiger partial charge is 0.497 e. The van der Waals surface area contributed by atoms with Crippen LogP contribution in [0.1, 0.15) is 35.9 Å². The van der Waals surface area contributed by atoms with E-state index in [1.807, 2.05) is 24.3 Å². The molecule has 2 fully saturated rings. The number of methoxy groups -OCH3 is 1. The second-order valence-corrected chi connectivity index (χ2v) is 8.23. The van der Waals surface area contributed by atoms with Crippen LogP contribution in [0, 0.1) is 5.92 Å². The Morgan fingerprint density at radius 2 is 1.90 bits per heavy atom. The van der Waals surface area contributed by atoms with Crippen LogP contribution in [0.4, 0.5) is 4.79 Å². The highest BCUT2D eigenvalue weighted by Crippen LogP contribution is 2.34. The Bertz CT molecular complexity index is 948. The third kappa shape index (κ3) is 4.02. The first-order chi connectivity index (χ1) is 14.9. The number of ether oxygens (including phenoxy) is 1. The summed E-state index contributed by atoms with van der Waals surface area (Å²) < 4.78 is 10.4. The van der Waals surface area contributed by atoms with Crippen molar-refractivity contribution in [3.05, 3.63) is 54.0 Å². The maximum absolute atomic E-state index is 13.2. The lowest BCUT2D eigenvalue weighted by Crippen LogP contribution is -2.54. The summed E-state index contributed by atoms with van der Waals surface area (Å²) in [6, 6.07) is 10.6. The molecule has 2 aliphatic rings. The molecule has 1 aromatic heterocycles. The van der Waals surface area contributed by atoms with E-state index in [1.54, 1.807) is 31.1 Å². The van der Waals surface area contributed by atoms with Crippen LogP contribution >= 0.6 is 0 Å². The van der Waals surface area contributed by atoms with Gasteiger partial charge in [0.25, 0.3) is 11.8 Å². The summed E-state index contributed by atoms with van der Waals surface area (Å²) in [4.78, 5) is 41.3. The normalized spacial score (nSPS) is 22.0. The van der Waals surface area contributed by atoms with Crippen molar-refractivity contribution in [2.45, 2.75) is 31.7 Å². The number of hydrogen-bond donors (Lipinski definition) is 1. The zero-order valence-electron chi connectivity index (χ0n) is 17.8. The molecular formula is C23H27N3O5. The number of hydrogen-bond acceptors (Lipinski definition) is 5. The highest BCUT2D eigenvalue weighted by molar-refractivity contribution is 6.07. The Balaban J connectivity index is 1.36. The Kier molecular flexibility index (Phi) is 5.71. The molecule has 1 atom stereocenters. The fourth-order valence-electron chi connectivity index (χ4n) is 4.44. The number of carbonyl (C=O) groups excluding carboxylic acids is 3. The quantitative estimate of drug-likeness (QED) is 0.719. The molecule has 8 heteroatoms. The first kappa shape index (κ1) is 21.0. The van der Waals surface area contributed by atoms with Crippen LogP contribution in [0.25, 0.3) is 0 Å². The van der Waals surface area contributed by atoms with E-state index in [-0.39, 0.29) is 23.8 Å². The van der Waals surface area contributed by atoms with Gasteiger partial charge in [0.2, 0.25) is 0 Å². The molecule has 0 saturated carbocycles. The smallest absolute Gasteiger partial charge is 0.325 e. The number of imide groups is 1. The minimum atomic E-state index is -0.948. The lowest BCUT2D eigenvalue weighted by atomic mass is 9.79. The monoisotopic (exact) mass is 425 g/mol. The van der Waals surface area contributed by atoms with E-state index in [0.29, 0.717) is 44.7 Å². The van der Waals surface area contributed by atoms with Crippen LogP contribution in [0.5, 0.6) is 5.75 Å². The molecule has 8 nitrogen and oxygen atoms in total. The summed E-state index contributed by atoms with van der Waals surface area (Å²) in [5.41, 5.74) is 0.0799. The summed E-state index contributed by atoms with van der Waals surface area (Å²) in [7, 11) is 1.61. The maximum Gasteiger partial charge on any atom is 0.325 e. The van der Waals surface area contributed by atoms with Crippen LogP contribution in [0.15, 0.2) is 47.1 Å². The number of amides is 4. The Morgan fingerprint density at radius 1 is 1.19 bits per heavy atom. The molecule has 1 unspecified atom stereocenters. The van der Waals surface area contributed by atoms with E-state index in [4.69, 9.17) is 9.15 Å². The SMILES string of the molecule is COc1ccc(CCN2C(=O)NC(C)(C3CCN(C(=O)c4ccco4)CC3)C2=O)cc1. The van der Waals surface area contributed by atoms with Crippen molar-refractivity contribution in [2.75, 3.05) is 26.7 Å². The first-order valence-electron chi connectivity index (χ1n) is 10.5. The van der Waals surface area contributed by atoms with Crippen molar-refractivity contribution in [3.8, 4) is 5.75 Å². The topological polar surface area (TPSA) is 92.1 Å². The molecule has 164 valence electrons. The highest BCUT2D eigenvalue weighted by Gasteiger charge is 2.52. The third-order valence-electron chi connectivity index (χ3n) is 6.41. The minimum absolute atomic E-state index is 0.0319. The van der Waals surface area contributed by atoms with Crippen molar-refractivity contribution < 1.29 is 23.5 Å². The van der Waals surface area contributed by atoms with Gasteiger partial charge in [0.05, 0.1) is 13.4 Å². The number of likely N-dealkylation sites (tertiary alicyclic amines) is 1. The van der Waals surface area contributed by atoms with Gasteiger partial charge >= 0.3 is 6.03 Å². The number of benzene rings is 1. The van der Waals surface area contributed by atoms with Gasteiger partial charge in [0.15, 0.2) is 5.76 Å². The fourth-order valence-corrected chi connectivity index (χ4v) is 4.44. The van der Waals surface area contributed by atoms with Crippen LogP contribution in [0.3, 0.4) is 0 Å². The molecule has 3 heterocycles. The Labute approximate surface area is 181 Å². The molecule has 0 spiro atoms. The highest BCUT2D eigenvalue weighted by atomic mass is 16.5. The predicted octanol–water partition coefficient (Wildman–Crippen LogP) is 2.69. The second kappa shape index (κ2) is 8.45.